The highest BCUT2D eigenvalue weighted by Gasteiger charge is 2.35. The van der Waals surface area contributed by atoms with E-state index in [0.717, 1.165) is 11.7 Å². The second-order valence-corrected chi connectivity index (χ2v) is 6.99. The van der Waals surface area contributed by atoms with Crippen molar-refractivity contribution in [1.82, 2.24) is 5.32 Å². The summed E-state index contributed by atoms with van der Waals surface area (Å²) in [6.45, 7) is 3.62. The molecule has 0 aliphatic heterocycles. The molecule has 1 aromatic carbocycles. The fourth-order valence-electron chi connectivity index (χ4n) is 3.56. The molecule has 110 valence electrons. The van der Waals surface area contributed by atoms with Gasteiger partial charge >= 0.3 is 0 Å². The van der Waals surface area contributed by atoms with Crippen LogP contribution in [0.4, 0.5) is 0 Å². The van der Waals surface area contributed by atoms with Crippen molar-refractivity contribution in [3.05, 3.63) is 29.8 Å². The summed E-state index contributed by atoms with van der Waals surface area (Å²) in [5, 5.41) is 3.88. The Kier molecular flexibility index (Phi) is 4.02. The van der Waals surface area contributed by atoms with Crippen LogP contribution >= 0.6 is 0 Å². The van der Waals surface area contributed by atoms with Crippen LogP contribution in [0.2, 0.25) is 0 Å². The topological polar surface area (TPSA) is 21.3 Å². The first-order chi connectivity index (χ1) is 9.70. The molecular weight excluding hydrogens is 246 g/mol. The monoisotopic (exact) mass is 273 g/mol. The maximum Gasteiger partial charge on any atom is 0.118 e. The van der Waals surface area contributed by atoms with Crippen LogP contribution in [0.25, 0.3) is 0 Å². The van der Waals surface area contributed by atoms with Gasteiger partial charge < -0.3 is 10.1 Å². The maximum absolute atomic E-state index is 5.26. The summed E-state index contributed by atoms with van der Waals surface area (Å²) in [6.07, 6.45) is 8.35. The Morgan fingerprint density at radius 1 is 1.20 bits per heavy atom. The molecule has 3 rings (SSSR count). The third-order valence-electron chi connectivity index (χ3n) is 5.13. The minimum atomic E-state index is 0.527. The highest BCUT2D eigenvalue weighted by Crippen LogP contribution is 2.43. The molecule has 0 saturated heterocycles. The van der Waals surface area contributed by atoms with Gasteiger partial charge in [0.2, 0.25) is 0 Å². The molecule has 1 aromatic rings. The average Bonchev–Trinajstić information content (AvgIpc) is 3.22. The van der Waals surface area contributed by atoms with Crippen molar-refractivity contribution in [2.45, 2.75) is 51.5 Å². The fraction of sp³-hybridized carbons (Fsp3) is 0.667. The second-order valence-electron chi connectivity index (χ2n) is 6.99. The predicted octanol–water partition coefficient (Wildman–Crippen LogP) is 4.32. The van der Waals surface area contributed by atoms with Gasteiger partial charge in [-0.2, -0.15) is 0 Å². The Bertz CT molecular complexity index is 429. The molecule has 2 heteroatoms. The highest BCUT2D eigenvalue weighted by atomic mass is 16.5. The van der Waals surface area contributed by atoms with Crippen molar-refractivity contribution in [1.29, 1.82) is 0 Å². The van der Waals surface area contributed by atoms with Crippen molar-refractivity contribution >= 4 is 0 Å². The molecule has 2 fully saturated rings. The Labute approximate surface area is 122 Å². The SMILES string of the molecule is COc1ccc(C(NCC2(C)CCCC2)C2CC2)cc1. The summed E-state index contributed by atoms with van der Waals surface area (Å²) < 4.78 is 5.26. The van der Waals surface area contributed by atoms with Crippen molar-refractivity contribution in [2.75, 3.05) is 13.7 Å². The molecule has 2 saturated carbocycles. The van der Waals surface area contributed by atoms with Crippen LogP contribution in [0.15, 0.2) is 24.3 Å². The van der Waals surface area contributed by atoms with Crippen LogP contribution in [0.1, 0.15) is 57.1 Å². The van der Waals surface area contributed by atoms with E-state index >= 15 is 0 Å². The zero-order valence-corrected chi connectivity index (χ0v) is 12.8. The molecule has 0 amide bonds. The molecule has 2 aliphatic rings. The van der Waals surface area contributed by atoms with Crippen LogP contribution < -0.4 is 10.1 Å². The summed E-state index contributed by atoms with van der Waals surface area (Å²) in [5.74, 6) is 1.79. The fourth-order valence-corrected chi connectivity index (χ4v) is 3.56. The summed E-state index contributed by atoms with van der Waals surface area (Å²) in [7, 11) is 1.73. The number of methoxy groups -OCH3 is 1. The van der Waals surface area contributed by atoms with E-state index in [1.807, 2.05) is 0 Å². The van der Waals surface area contributed by atoms with Crippen molar-refractivity contribution < 1.29 is 4.74 Å². The highest BCUT2D eigenvalue weighted by molar-refractivity contribution is 5.30. The minimum Gasteiger partial charge on any atom is -0.497 e. The first-order valence-corrected chi connectivity index (χ1v) is 8.08. The molecule has 0 bridgehead atoms. The van der Waals surface area contributed by atoms with Gasteiger partial charge in [-0.1, -0.05) is 31.9 Å². The van der Waals surface area contributed by atoms with Crippen LogP contribution in [0.3, 0.4) is 0 Å². The first kappa shape index (κ1) is 13.9. The lowest BCUT2D eigenvalue weighted by Gasteiger charge is -2.28. The summed E-state index contributed by atoms with van der Waals surface area (Å²) in [6, 6.07) is 9.17. The smallest absolute Gasteiger partial charge is 0.118 e. The van der Waals surface area contributed by atoms with E-state index in [0.29, 0.717) is 11.5 Å². The molecular formula is C18H27NO. The molecule has 0 spiro atoms. The number of benzene rings is 1. The lowest BCUT2D eigenvalue weighted by Crippen LogP contribution is -2.33. The van der Waals surface area contributed by atoms with E-state index in [2.05, 4.69) is 36.5 Å². The van der Waals surface area contributed by atoms with E-state index in [9.17, 15) is 0 Å². The largest absolute Gasteiger partial charge is 0.497 e. The van der Waals surface area contributed by atoms with Crippen molar-refractivity contribution in [3.63, 3.8) is 0 Å². The predicted molar refractivity (Wildman–Crippen MR) is 83.0 cm³/mol. The Hall–Kier alpha value is -1.02. The zero-order valence-electron chi connectivity index (χ0n) is 12.8. The first-order valence-electron chi connectivity index (χ1n) is 8.08. The normalized spacial score (nSPS) is 22.7. The van der Waals surface area contributed by atoms with Gasteiger partial charge in [0.1, 0.15) is 5.75 Å². The van der Waals surface area contributed by atoms with Crippen LogP contribution in [-0.4, -0.2) is 13.7 Å². The van der Waals surface area contributed by atoms with Gasteiger partial charge in [-0.05, 0) is 54.7 Å². The summed E-state index contributed by atoms with van der Waals surface area (Å²) in [4.78, 5) is 0. The molecule has 1 atom stereocenters. The van der Waals surface area contributed by atoms with Gasteiger partial charge in [-0.25, -0.2) is 0 Å². The Morgan fingerprint density at radius 2 is 1.85 bits per heavy atom. The molecule has 1 unspecified atom stereocenters. The minimum absolute atomic E-state index is 0.527. The number of nitrogens with one attached hydrogen (secondary N) is 1. The van der Waals surface area contributed by atoms with Gasteiger partial charge in [0, 0.05) is 12.6 Å². The van der Waals surface area contributed by atoms with Crippen LogP contribution in [0.5, 0.6) is 5.75 Å². The van der Waals surface area contributed by atoms with E-state index < -0.39 is 0 Å². The molecule has 0 aromatic heterocycles. The average molecular weight is 273 g/mol. The van der Waals surface area contributed by atoms with E-state index in [4.69, 9.17) is 4.74 Å². The summed E-state index contributed by atoms with van der Waals surface area (Å²) in [5.41, 5.74) is 1.95. The third-order valence-corrected chi connectivity index (χ3v) is 5.13. The molecule has 20 heavy (non-hydrogen) atoms. The molecule has 0 heterocycles. The number of ether oxygens (including phenoxy) is 1. The maximum atomic E-state index is 5.26. The number of rotatable bonds is 6. The van der Waals surface area contributed by atoms with Gasteiger partial charge in [-0.3, -0.25) is 0 Å². The quantitative estimate of drug-likeness (QED) is 0.833. The Balaban J connectivity index is 1.65. The molecule has 1 N–H and O–H groups in total. The van der Waals surface area contributed by atoms with E-state index in [1.54, 1.807) is 7.11 Å². The second kappa shape index (κ2) is 5.77. The zero-order chi connectivity index (χ0) is 14.0. The van der Waals surface area contributed by atoms with E-state index in [1.165, 1.54) is 50.6 Å². The van der Waals surface area contributed by atoms with Gasteiger partial charge in [0.25, 0.3) is 0 Å². The molecule has 2 aliphatic carbocycles. The Morgan fingerprint density at radius 3 is 2.40 bits per heavy atom. The number of hydrogen-bond acceptors (Lipinski definition) is 2. The van der Waals surface area contributed by atoms with Gasteiger partial charge in [0.05, 0.1) is 7.11 Å². The lowest BCUT2D eigenvalue weighted by atomic mass is 9.88. The standard InChI is InChI=1S/C18H27NO/c1-18(11-3-4-12-18)13-19-17(14-5-6-14)15-7-9-16(20-2)10-8-15/h7-10,14,17,19H,3-6,11-13H2,1-2H3. The van der Waals surface area contributed by atoms with E-state index in [-0.39, 0.29) is 0 Å². The van der Waals surface area contributed by atoms with Crippen LogP contribution in [-0.2, 0) is 0 Å². The molecule has 0 radical (unpaired) electrons. The number of hydrogen-bond donors (Lipinski definition) is 1. The lowest BCUT2D eigenvalue weighted by molar-refractivity contribution is 0.289. The summed E-state index contributed by atoms with van der Waals surface area (Å²) >= 11 is 0. The van der Waals surface area contributed by atoms with Crippen molar-refractivity contribution in [2.24, 2.45) is 11.3 Å². The van der Waals surface area contributed by atoms with Crippen molar-refractivity contribution in [3.8, 4) is 5.75 Å². The van der Waals surface area contributed by atoms with Gasteiger partial charge in [0.15, 0.2) is 0 Å². The third kappa shape index (κ3) is 3.17. The van der Waals surface area contributed by atoms with Crippen LogP contribution in [0, 0.1) is 11.3 Å². The molecule has 2 nitrogen and oxygen atoms in total. The van der Waals surface area contributed by atoms with Gasteiger partial charge in [-0.15, -0.1) is 0 Å².